The number of nitrogens with zero attached hydrogens (tertiary/aromatic N) is 1. The van der Waals surface area contributed by atoms with E-state index in [0.29, 0.717) is 12.2 Å². The van der Waals surface area contributed by atoms with Crippen LogP contribution in [0, 0.1) is 5.92 Å². The second-order valence-electron chi connectivity index (χ2n) is 7.08. The molecule has 6 heteroatoms. The van der Waals surface area contributed by atoms with Crippen LogP contribution in [-0.4, -0.2) is 34.0 Å². The summed E-state index contributed by atoms with van der Waals surface area (Å²) in [6, 6.07) is 4.24. The maximum atomic E-state index is 13.2. The van der Waals surface area contributed by atoms with Gasteiger partial charge in [-0.1, -0.05) is 18.0 Å². The number of nitrogens with one attached hydrogen (secondary N) is 1. The third kappa shape index (κ3) is 4.05. The Bertz CT molecular complexity index is 616. The molecule has 2 heterocycles. The van der Waals surface area contributed by atoms with E-state index in [2.05, 4.69) is 16.8 Å². The monoisotopic (exact) mass is 348 g/mol. The number of rotatable bonds is 4. The molecule has 134 valence electrons. The van der Waals surface area contributed by atoms with Gasteiger partial charge < -0.3 is 10.2 Å². The van der Waals surface area contributed by atoms with Crippen LogP contribution in [0.15, 0.2) is 30.4 Å². The van der Waals surface area contributed by atoms with E-state index in [1.54, 1.807) is 6.07 Å². The fourth-order valence-electron chi connectivity index (χ4n) is 3.95. The van der Waals surface area contributed by atoms with Crippen molar-refractivity contribution in [1.82, 2.24) is 5.32 Å². The Balaban J connectivity index is 1.86. The van der Waals surface area contributed by atoms with Gasteiger partial charge in [-0.05, 0) is 55.3 Å². The highest BCUT2D eigenvalue weighted by Gasteiger charge is 2.33. The van der Waals surface area contributed by atoms with E-state index in [4.69, 9.17) is 7.85 Å². The van der Waals surface area contributed by atoms with E-state index in [9.17, 15) is 13.2 Å². The fraction of sp³-hybridized carbons (Fsp3) is 0.579. The second-order valence-corrected chi connectivity index (χ2v) is 7.08. The Hall–Kier alpha value is -1.43. The molecule has 0 aliphatic carbocycles. The molecule has 0 spiro atoms. The average Bonchev–Trinajstić information content (AvgIpc) is 3.14. The Labute approximate surface area is 148 Å². The minimum atomic E-state index is -4.31. The van der Waals surface area contributed by atoms with Crippen molar-refractivity contribution in [2.45, 2.75) is 37.7 Å². The molecule has 2 aliphatic heterocycles. The molecule has 0 saturated carbocycles. The maximum Gasteiger partial charge on any atom is 0.416 e. The first-order valence-electron chi connectivity index (χ1n) is 8.94. The zero-order valence-electron chi connectivity index (χ0n) is 14.4. The first-order chi connectivity index (χ1) is 11.9. The first-order valence-corrected chi connectivity index (χ1v) is 8.94. The minimum absolute atomic E-state index is 0.286. The normalized spacial score (nSPS) is 22.4. The summed E-state index contributed by atoms with van der Waals surface area (Å²) in [7, 11) is 5.68. The van der Waals surface area contributed by atoms with Crippen molar-refractivity contribution in [3.05, 3.63) is 41.5 Å². The van der Waals surface area contributed by atoms with E-state index in [1.807, 2.05) is 0 Å². The van der Waals surface area contributed by atoms with E-state index < -0.39 is 11.7 Å². The topological polar surface area (TPSA) is 15.3 Å². The maximum absolute atomic E-state index is 13.2. The van der Waals surface area contributed by atoms with Gasteiger partial charge in [0.05, 0.1) is 13.4 Å². The zero-order chi connectivity index (χ0) is 18.0. The molecule has 2 aliphatic rings. The summed E-state index contributed by atoms with van der Waals surface area (Å²) in [5.74, 6) is 0.665. The van der Waals surface area contributed by atoms with Crippen LogP contribution in [0.4, 0.5) is 18.9 Å². The third-order valence-electron chi connectivity index (χ3n) is 5.53. The van der Waals surface area contributed by atoms with Crippen LogP contribution in [0.5, 0.6) is 0 Å². The van der Waals surface area contributed by atoms with Crippen molar-refractivity contribution in [2.75, 3.05) is 31.1 Å². The van der Waals surface area contributed by atoms with Crippen molar-refractivity contribution in [1.29, 1.82) is 0 Å². The van der Waals surface area contributed by atoms with Crippen molar-refractivity contribution < 1.29 is 13.2 Å². The molecule has 1 aromatic rings. The molecule has 2 nitrogen and oxygen atoms in total. The number of benzene rings is 1. The lowest BCUT2D eigenvalue weighted by molar-refractivity contribution is -0.137. The lowest BCUT2D eigenvalue weighted by atomic mass is 9.82. The molecule has 2 saturated heterocycles. The van der Waals surface area contributed by atoms with Crippen molar-refractivity contribution in [3.63, 3.8) is 0 Å². The lowest BCUT2D eigenvalue weighted by Gasteiger charge is -2.36. The van der Waals surface area contributed by atoms with Gasteiger partial charge in [-0.15, -0.1) is 6.58 Å². The predicted octanol–water partition coefficient (Wildman–Crippen LogP) is 4.14. The van der Waals surface area contributed by atoms with E-state index in [0.717, 1.165) is 62.3 Å². The van der Waals surface area contributed by atoms with E-state index in [-0.39, 0.29) is 5.92 Å². The van der Waals surface area contributed by atoms with Crippen LogP contribution < -0.4 is 10.2 Å². The van der Waals surface area contributed by atoms with E-state index >= 15 is 0 Å². The van der Waals surface area contributed by atoms with Crippen LogP contribution >= 0.6 is 0 Å². The van der Waals surface area contributed by atoms with Crippen molar-refractivity contribution >= 4 is 13.5 Å². The number of anilines is 1. The van der Waals surface area contributed by atoms with Crippen molar-refractivity contribution in [3.8, 4) is 0 Å². The summed E-state index contributed by atoms with van der Waals surface area (Å²) >= 11 is 0. The van der Waals surface area contributed by atoms with Crippen LogP contribution in [0.1, 0.15) is 36.3 Å². The third-order valence-corrected chi connectivity index (χ3v) is 5.53. The van der Waals surface area contributed by atoms with Gasteiger partial charge in [0.25, 0.3) is 0 Å². The largest absolute Gasteiger partial charge is 0.416 e. The number of halogens is 3. The molecule has 1 N–H and O–H groups in total. The number of alkyl halides is 3. The summed E-state index contributed by atoms with van der Waals surface area (Å²) in [4.78, 5) is 2.11. The smallest absolute Gasteiger partial charge is 0.371 e. The molecule has 25 heavy (non-hydrogen) atoms. The molecule has 2 radical (unpaired) electrons. The van der Waals surface area contributed by atoms with Crippen LogP contribution in [0.25, 0.3) is 0 Å². The molecule has 1 atom stereocenters. The van der Waals surface area contributed by atoms with Gasteiger partial charge in [0.15, 0.2) is 0 Å². The molecule has 2 fully saturated rings. The zero-order valence-corrected chi connectivity index (χ0v) is 14.4. The SMILES string of the molecule is [B]CC(=C)C1CCN(c2cc(C(F)(F)F)ccc2C2CCNC2)CC1. The second kappa shape index (κ2) is 7.44. The van der Waals surface area contributed by atoms with Crippen LogP contribution in [0.2, 0.25) is 6.32 Å². The number of hydrogen-bond donors (Lipinski definition) is 1. The number of piperidine rings is 1. The number of allylic oxidation sites excluding steroid dienone is 1. The number of hydrogen-bond acceptors (Lipinski definition) is 2. The summed E-state index contributed by atoms with van der Waals surface area (Å²) < 4.78 is 39.6. The fourth-order valence-corrected chi connectivity index (χ4v) is 3.95. The van der Waals surface area contributed by atoms with Gasteiger partial charge in [0, 0.05) is 25.3 Å². The minimum Gasteiger partial charge on any atom is -0.371 e. The van der Waals surface area contributed by atoms with Gasteiger partial charge in [-0.25, -0.2) is 0 Å². The Kier molecular flexibility index (Phi) is 5.47. The highest BCUT2D eigenvalue weighted by molar-refractivity contribution is 6.10. The summed E-state index contributed by atoms with van der Waals surface area (Å²) in [5, 5.41) is 3.31. The quantitative estimate of drug-likeness (QED) is 0.650. The van der Waals surface area contributed by atoms with Crippen LogP contribution in [-0.2, 0) is 6.18 Å². The molecule has 1 unspecified atom stereocenters. The molecular weight excluding hydrogens is 324 g/mol. The standard InChI is InChI=1S/C19H24BF3N2/c1-13(11-20)14-5-8-25(9-6-14)18-10-16(19(21,22)23)2-3-17(18)15-4-7-24-12-15/h2-3,10,14-15,24H,1,4-9,11-12H2. The van der Waals surface area contributed by atoms with Gasteiger partial charge >= 0.3 is 6.18 Å². The Morgan fingerprint density at radius 3 is 2.52 bits per heavy atom. The van der Waals surface area contributed by atoms with Gasteiger partial charge in [0.1, 0.15) is 0 Å². The highest BCUT2D eigenvalue weighted by Crippen LogP contribution is 2.39. The van der Waals surface area contributed by atoms with Crippen LogP contribution in [0.3, 0.4) is 0 Å². The average molecular weight is 348 g/mol. The Morgan fingerprint density at radius 2 is 1.96 bits per heavy atom. The van der Waals surface area contributed by atoms with Gasteiger partial charge in [-0.3, -0.25) is 0 Å². The van der Waals surface area contributed by atoms with Crippen molar-refractivity contribution in [2.24, 2.45) is 5.92 Å². The molecular formula is C19H24BF3N2. The van der Waals surface area contributed by atoms with Gasteiger partial charge in [-0.2, -0.15) is 13.2 Å². The molecule has 1 aromatic carbocycles. The summed E-state index contributed by atoms with van der Waals surface area (Å²) in [5.41, 5.74) is 2.27. The Morgan fingerprint density at radius 1 is 1.24 bits per heavy atom. The molecule has 0 amide bonds. The molecule has 0 bridgehead atoms. The predicted molar refractivity (Wildman–Crippen MR) is 96.3 cm³/mol. The van der Waals surface area contributed by atoms with E-state index in [1.165, 1.54) is 12.1 Å². The lowest BCUT2D eigenvalue weighted by Crippen LogP contribution is -2.35. The molecule has 3 rings (SSSR count). The summed E-state index contributed by atoms with van der Waals surface area (Å²) in [6.07, 6.45) is -1.07. The highest BCUT2D eigenvalue weighted by atomic mass is 19.4. The summed E-state index contributed by atoms with van der Waals surface area (Å²) in [6.45, 7) is 7.27. The molecule has 0 aromatic heterocycles. The van der Waals surface area contributed by atoms with Gasteiger partial charge in [0.2, 0.25) is 0 Å². The first kappa shape index (κ1) is 18.4.